The van der Waals surface area contributed by atoms with Gasteiger partial charge in [0, 0.05) is 39.9 Å². The summed E-state index contributed by atoms with van der Waals surface area (Å²) in [7, 11) is 1.71. The molecule has 1 rings (SSSR count). The zero-order valence-corrected chi connectivity index (χ0v) is 14.1. The number of nitrogens with zero attached hydrogens (tertiary/aromatic N) is 1. The van der Waals surface area contributed by atoms with Crippen LogP contribution in [0.25, 0.3) is 0 Å². The summed E-state index contributed by atoms with van der Waals surface area (Å²) in [5.74, 6) is 0. The maximum absolute atomic E-state index is 6.42. The van der Waals surface area contributed by atoms with Crippen LogP contribution in [-0.4, -0.2) is 46.6 Å². The zero-order valence-electron chi connectivity index (χ0n) is 13.3. The Hall–Kier alpha value is -0.810. The van der Waals surface area contributed by atoms with Crippen LogP contribution >= 0.6 is 11.6 Å². The molecule has 0 aliphatic heterocycles. The molecule has 21 heavy (non-hydrogen) atoms. The highest BCUT2D eigenvalue weighted by Crippen LogP contribution is 2.29. The summed E-state index contributed by atoms with van der Waals surface area (Å²) in [6, 6.07) is 6.05. The Morgan fingerprint density at radius 2 is 2.05 bits per heavy atom. The van der Waals surface area contributed by atoms with Crippen LogP contribution in [0.1, 0.15) is 19.4 Å². The molecule has 1 aromatic rings. The van der Waals surface area contributed by atoms with Gasteiger partial charge >= 0.3 is 0 Å². The molecule has 0 bridgehead atoms. The molecule has 0 aliphatic carbocycles. The van der Waals surface area contributed by atoms with Gasteiger partial charge in [-0.1, -0.05) is 23.7 Å². The van der Waals surface area contributed by atoms with Crippen molar-refractivity contribution < 1.29 is 9.47 Å². The van der Waals surface area contributed by atoms with E-state index in [1.165, 1.54) is 5.56 Å². The second kappa shape index (κ2) is 10.9. The Bertz CT molecular complexity index is 402. The van der Waals surface area contributed by atoms with Gasteiger partial charge in [0.25, 0.3) is 0 Å². The number of rotatable bonds is 11. The lowest BCUT2D eigenvalue weighted by Crippen LogP contribution is -2.29. The molecule has 0 spiro atoms. The lowest BCUT2D eigenvalue weighted by Gasteiger charge is -2.27. The Labute approximate surface area is 133 Å². The monoisotopic (exact) mass is 314 g/mol. The average molecular weight is 315 g/mol. The molecular weight excluding hydrogens is 288 g/mol. The van der Waals surface area contributed by atoms with Crippen LogP contribution in [-0.2, 0) is 16.0 Å². The molecule has 0 aromatic heterocycles. The minimum Gasteiger partial charge on any atom is -0.383 e. The minimum absolute atomic E-state index is 0.706. The van der Waals surface area contributed by atoms with Gasteiger partial charge < -0.3 is 19.7 Å². The minimum atomic E-state index is 0.706. The normalized spacial score (nSPS) is 10.9. The topological polar surface area (TPSA) is 33.7 Å². The van der Waals surface area contributed by atoms with E-state index in [9.17, 15) is 0 Å². The summed E-state index contributed by atoms with van der Waals surface area (Å²) in [6.07, 6.45) is 0. The summed E-state index contributed by atoms with van der Waals surface area (Å²) in [5, 5.41) is 4.17. The number of likely N-dealkylation sites (N-methyl/N-ethyl adjacent to an activating group) is 1. The molecule has 0 radical (unpaired) electrons. The number of nitrogens with one attached hydrogen (secondary N) is 1. The first-order valence-corrected chi connectivity index (χ1v) is 7.92. The lowest BCUT2D eigenvalue weighted by molar-refractivity contribution is 0.154. The molecule has 0 unspecified atom stereocenters. The highest BCUT2D eigenvalue weighted by atomic mass is 35.5. The molecule has 0 heterocycles. The molecule has 5 heteroatoms. The Morgan fingerprint density at radius 1 is 1.24 bits per heavy atom. The van der Waals surface area contributed by atoms with Gasteiger partial charge in [0.15, 0.2) is 0 Å². The maximum Gasteiger partial charge on any atom is 0.0642 e. The number of ether oxygens (including phenoxy) is 2. The van der Waals surface area contributed by atoms with Gasteiger partial charge in [-0.2, -0.15) is 0 Å². The van der Waals surface area contributed by atoms with Crippen molar-refractivity contribution in [2.75, 3.05) is 51.5 Å². The molecule has 0 atom stereocenters. The number of hydrogen-bond donors (Lipinski definition) is 1. The van der Waals surface area contributed by atoms with Crippen molar-refractivity contribution in [2.24, 2.45) is 0 Å². The van der Waals surface area contributed by atoms with Crippen molar-refractivity contribution in [3.05, 3.63) is 28.8 Å². The number of para-hydroxylation sites is 1. The molecule has 0 aliphatic rings. The van der Waals surface area contributed by atoms with Gasteiger partial charge in [0.05, 0.1) is 23.9 Å². The van der Waals surface area contributed by atoms with E-state index in [4.69, 9.17) is 21.1 Å². The third kappa shape index (κ3) is 6.22. The fourth-order valence-electron chi connectivity index (χ4n) is 2.20. The number of anilines is 1. The van der Waals surface area contributed by atoms with Crippen LogP contribution in [0.2, 0.25) is 5.02 Å². The summed E-state index contributed by atoms with van der Waals surface area (Å²) in [6.45, 7) is 9.67. The second-order valence-electron chi connectivity index (χ2n) is 4.69. The van der Waals surface area contributed by atoms with E-state index in [-0.39, 0.29) is 0 Å². The van der Waals surface area contributed by atoms with Gasteiger partial charge in [-0.15, -0.1) is 0 Å². The SMILES string of the molecule is CCOCCN(CC)c1c(Cl)cccc1CNCCOC. The van der Waals surface area contributed by atoms with Crippen LogP contribution in [0, 0.1) is 0 Å². The largest absolute Gasteiger partial charge is 0.383 e. The molecule has 0 saturated carbocycles. The van der Waals surface area contributed by atoms with Crippen LogP contribution < -0.4 is 10.2 Å². The highest BCUT2D eigenvalue weighted by molar-refractivity contribution is 6.33. The number of hydrogen-bond acceptors (Lipinski definition) is 4. The van der Waals surface area contributed by atoms with E-state index in [0.29, 0.717) is 13.2 Å². The van der Waals surface area contributed by atoms with E-state index in [0.717, 1.165) is 43.5 Å². The van der Waals surface area contributed by atoms with Crippen LogP contribution in [0.4, 0.5) is 5.69 Å². The van der Waals surface area contributed by atoms with Crippen molar-refractivity contribution in [1.82, 2.24) is 5.32 Å². The smallest absolute Gasteiger partial charge is 0.0642 e. The van der Waals surface area contributed by atoms with E-state index < -0.39 is 0 Å². The van der Waals surface area contributed by atoms with Crippen molar-refractivity contribution in [2.45, 2.75) is 20.4 Å². The molecule has 1 N–H and O–H groups in total. The van der Waals surface area contributed by atoms with Gasteiger partial charge in [-0.25, -0.2) is 0 Å². The molecule has 1 aromatic carbocycles. The van der Waals surface area contributed by atoms with E-state index in [2.05, 4.69) is 23.2 Å². The van der Waals surface area contributed by atoms with Crippen molar-refractivity contribution in [3.8, 4) is 0 Å². The zero-order chi connectivity index (χ0) is 15.5. The maximum atomic E-state index is 6.42. The molecule has 4 nitrogen and oxygen atoms in total. The highest BCUT2D eigenvalue weighted by Gasteiger charge is 2.13. The first-order valence-electron chi connectivity index (χ1n) is 7.54. The summed E-state index contributed by atoms with van der Waals surface area (Å²) in [5.41, 5.74) is 2.31. The lowest BCUT2D eigenvalue weighted by atomic mass is 10.1. The van der Waals surface area contributed by atoms with E-state index in [1.807, 2.05) is 19.1 Å². The Morgan fingerprint density at radius 3 is 2.71 bits per heavy atom. The van der Waals surface area contributed by atoms with E-state index in [1.54, 1.807) is 7.11 Å². The van der Waals surface area contributed by atoms with Gasteiger partial charge in [0.2, 0.25) is 0 Å². The Balaban J connectivity index is 2.76. The average Bonchev–Trinajstić information content (AvgIpc) is 2.49. The van der Waals surface area contributed by atoms with Gasteiger partial charge in [-0.05, 0) is 25.5 Å². The third-order valence-corrected chi connectivity index (χ3v) is 3.58. The number of methoxy groups -OCH3 is 1. The predicted molar refractivity (Wildman–Crippen MR) is 89.4 cm³/mol. The van der Waals surface area contributed by atoms with Crippen LogP contribution in [0.15, 0.2) is 18.2 Å². The molecular formula is C16H27ClN2O2. The Kier molecular flexibility index (Phi) is 9.42. The number of halogens is 1. The fourth-order valence-corrected chi connectivity index (χ4v) is 2.51. The number of benzene rings is 1. The van der Waals surface area contributed by atoms with E-state index >= 15 is 0 Å². The van der Waals surface area contributed by atoms with Crippen molar-refractivity contribution in [1.29, 1.82) is 0 Å². The standard InChI is InChI=1S/C16H27ClN2O2/c1-4-19(10-12-21-5-2)16-14(7-6-8-15(16)17)13-18-9-11-20-3/h6-8,18H,4-5,9-13H2,1-3H3. The van der Waals surface area contributed by atoms with Crippen molar-refractivity contribution >= 4 is 17.3 Å². The fraction of sp³-hybridized carbons (Fsp3) is 0.625. The second-order valence-corrected chi connectivity index (χ2v) is 5.10. The van der Waals surface area contributed by atoms with Gasteiger partial charge in [-0.3, -0.25) is 0 Å². The summed E-state index contributed by atoms with van der Waals surface area (Å²) >= 11 is 6.42. The third-order valence-electron chi connectivity index (χ3n) is 3.28. The summed E-state index contributed by atoms with van der Waals surface area (Å²) in [4.78, 5) is 2.27. The molecule has 0 amide bonds. The quantitative estimate of drug-likeness (QED) is 0.637. The van der Waals surface area contributed by atoms with Crippen LogP contribution in [0.3, 0.4) is 0 Å². The predicted octanol–water partition coefficient (Wildman–Crippen LogP) is 2.94. The first-order chi connectivity index (χ1) is 10.2. The molecule has 120 valence electrons. The summed E-state index contributed by atoms with van der Waals surface area (Å²) < 4.78 is 10.5. The molecule has 0 fully saturated rings. The van der Waals surface area contributed by atoms with Crippen LogP contribution in [0.5, 0.6) is 0 Å². The molecule has 0 saturated heterocycles. The first kappa shape index (κ1) is 18.2. The van der Waals surface area contributed by atoms with Gasteiger partial charge in [0.1, 0.15) is 0 Å². The van der Waals surface area contributed by atoms with Crippen molar-refractivity contribution in [3.63, 3.8) is 0 Å².